The second-order valence-electron chi connectivity index (χ2n) is 5.44. The van der Waals surface area contributed by atoms with Gasteiger partial charge in [0.2, 0.25) is 0 Å². The van der Waals surface area contributed by atoms with E-state index in [1.807, 2.05) is 35.1 Å². The third-order valence-electron chi connectivity index (χ3n) is 4.01. The van der Waals surface area contributed by atoms with Crippen molar-refractivity contribution in [3.05, 3.63) is 60.2 Å². The lowest BCUT2D eigenvalue weighted by atomic mass is 10.1. The normalized spacial score (nSPS) is 17.6. The van der Waals surface area contributed by atoms with Crippen LogP contribution in [0.25, 0.3) is 11.0 Å². The van der Waals surface area contributed by atoms with Crippen LogP contribution in [-0.2, 0) is 4.74 Å². The van der Waals surface area contributed by atoms with Gasteiger partial charge in [0.25, 0.3) is 0 Å². The SMILES string of the molecule is c1ccc(C(N2CCOCC2)n2nc3ccccc3n2)cc1. The lowest BCUT2D eigenvalue weighted by molar-refractivity contribution is 0.00326. The van der Waals surface area contributed by atoms with Gasteiger partial charge in [0.1, 0.15) is 17.2 Å². The van der Waals surface area contributed by atoms with Crippen LogP contribution in [0.5, 0.6) is 0 Å². The third kappa shape index (κ3) is 2.49. The van der Waals surface area contributed by atoms with Crippen LogP contribution in [0, 0.1) is 0 Å². The van der Waals surface area contributed by atoms with Gasteiger partial charge >= 0.3 is 0 Å². The van der Waals surface area contributed by atoms with Crippen LogP contribution in [0.1, 0.15) is 11.7 Å². The maximum absolute atomic E-state index is 5.49. The first-order chi connectivity index (χ1) is 10.9. The number of ether oxygens (including phenoxy) is 1. The van der Waals surface area contributed by atoms with Crippen molar-refractivity contribution in [1.82, 2.24) is 19.9 Å². The van der Waals surface area contributed by atoms with Gasteiger partial charge in [-0.15, -0.1) is 0 Å². The second kappa shape index (κ2) is 5.87. The molecule has 112 valence electrons. The molecule has 2 heterocycles. The molecule has 1 aliphatic heterocycles. The number of aromatic nitrogens is 3. The molecule has 5 nitrogen and oxygen atoms in total. The van der Waals surface area contributed by atoms with Gasteiger partial charge in [-0.05, 0) is 17.7 Å². The molecule has 0 aliphatic carbocycles. The molecule has 1 saturated heterocycles. The highest BCUT2D eigenvalue weighted by Crippen LogP contribution is 2.23. The maximum Gasteiger partial charge on any atom is 0.150 e. The minimum Gasteiger partial charge on any atom is -0.379 e. The molecule has 0 N–H and O–H groups in total. The van der Waals surface area contributed by atoms with Crippen LogP contribution in [0.15, 0.2) is 54.6 Å². The number of nitrogens with zero attached hydrogens (tertiary/aromatic N) is 4. The van der Waals surface area contributed by atoms with Crippen LogP contribution < -0.4 is 0 Å². The Bertz CT molecular complexity index is 716. The van der Waals surface area contributed by atoms with E-state index in [0.29, 0.717) is 0 Å². The van der Waals surface area contributed by atoms with Crippen molar-refractivity contribution >= 4 is 11.0 Å². The van der Waals surface area contributed by atoms with Crippen molar-refractivity contribution in [1.29, 1.82) is 0 Å². The molecule has 0 spiro atoms. The molecule has 22 heavy (non-hydrogen) atoms. The fraction of sp³-hybridized carbons (Fsp3) is 0.294. The number of fused-ring (bicyclic) bond motifs is 1. The molecule has 4 rings (SSSR count). The lowest BCUT2D eigenvalue weighted by Gasteiger charge is -2.33. The molecule has 1 atom stereocenters. The zero-order chi connectivity index (χ0) is 14.8. The topological polar surface area (TPSA) is 43.2 Å². The molecule has 1 unspecified atom stereocenters. The van der Waals surface area contributed by atoms with E-state index in [0.717, 1.165) is 37.3 Å². The summed E-state index contributed by atoms with van der Waals surface area (Å²) in [4.78, 5) is 4.21. The number of morpholine rings is 1. The first-order valence-electron chi connectivity index (χ1n) is 7.60. The molecular weight excluding hydrogens is 276 g/mol. The van der Waals surface area contributed by atoms with E-state index >= 15 is 0 Å². The quantitative estimate of drug-likeness (QED) is 0.743. The summed E-state index contributed by atoms with van der Waals surface area (Å²) in [7, 11) is 0. The number of hydrogen-bond donors (Lipinski definition) is 0. The molecule has 0 bridgehead atoms. The number of benzene rings is 2. The minimum absolute atomic E-state index is 0.0116. The molecule has 1 aromatic heterocycles. The molecule has 0 amide bonds. The Hall–Kier alpha value is -2.24. The molecule has 0 radical (unpaired) electrons. The summed E-state index contributed by atoms with van der Waals surface area (Å²) in [6.07, 6.45) is 0.0116. The number of rotatable bonds is 3. The molecule has 1 fully saturated rings. The van der Waals surface area contributed by atoms with Gasteiger partial charge in [-0.25, -0.2) is 0 Å². The predicted molar refractivity (Wildman–Crippen MR) is 84.5 cm³/mol. The molecule has 3 aromatic rings. The first-order valence-corrected chi connectivity index (χ1v) is 7.60. The summed E-state index contributed by atoms with van der Waals surface area (Å²) in [5.41, 5.74) is 3.05. The Morgan fingerprint density at radius 1 is 0.818 bits per heavy atom. The zero-order valence-electron chi connectivity index (χ0n) is 12.3. The van der Waals surface area contributed by atoms with Gasteiger partial charge < -0.3 is 4.74 Å². The molecular formula is C17H18N4O. The molecule has 2 aromatic carbocycles. The molecule has 5 heteroatoms. The first kappa shape index (κ1) is 13.4. The third-order valence-corrected chi connectivity index (χ3v) is 4.01. The van der Waals surface area contributed by atoms with E-state index < -0.39 is 0 Å². The van der Waals surface area contributed by atoms with Crippen molar-refractivity contribution < 1.29 is 4.74 Å². The molecule has 1 aliphatic rings. The van der Waals surface area contributed by atoms with E-state index in [2.05, 4.69) is 39.4 Å². The standard InChI is InChI=1S/C17H18N4O/c1-2-6-14(7-3-1)17(20-10-12-22-13-11-20)21-18-15-8-4-5-9-16(15)19-21/h1-9,17H,10-13H2. The largest absolute Gasteiger partial charge is 0.379 e. The van der Waals surface area contributed by atoms with Crippen molar-refractivity contribution in [3.63, 3.8) is 0 Å². The Morgan fingerprint density at radius 2 is 1.41 bits per heavy atom. The van der Waals surface area contributed by atoms with E-state index in [1.54, 1.807) is 0 Å². The second-order valence-corrected chi connectivity index (χ2v) is 5.44. The van der Waals surface area contributed by atoms with Crippen LogP contribution >= 0.6 is 0 Å². The maximum atomic E-state index is 5.49. The summed E-state index contributed by atoms with van der Waals surface area (Å²) in [5, 5.41) is 9.38. The van der Waals surface area contributed by atoms with Gasteiger partial charge in [-0.2, -0.15) is 15.0 Å². The highest BCUT2D eigenvalue weighted by molar-refractivity contribution is 5.73. The monoisotopic (exact) mass is 294 g/mol. The van der Waals surface area contributed by atoms with Crippen LogP contribution in [0.3, 0.4) is 0 Å². The summed E-state index contributed by atoms with van der Waals surface area (Å²) in [5.74, 6) is 0. The minimum atomic E-state index is 0.0116. The van der Waals surface area contributed by atoms with Crippen molar-refractivity contribution in [2.24, 2.45) is 0 Å². The van der Waals surface area contributed by atoms with Gasteiger partial charge in [0.15, 0.2) is 0 Å². The van der Waals surface area contributed by atoms with Gasteiger partial charge in [-0.1, -0.05) is 42.5 Å². The average molecular weight is 294 g/mol. The Balaban J connectivity index is 1.78. The highest BCUT2D eigenvalue weighted by Gasteiger charge is 2.26. The van der Waals surface area contributed by atoms with Crippen molar-refractivity contribution in [3.8, 4) is 0 Å². The summed E-state index contributed by atoms with van der Waals surface area (Å²) >= 11 is 0. The van der Waals surface area contributed by atoms with Crippen molar-refractivity contribution in [2.75, 3.05) is 26.3 Å². The predicted octanol–water partition coefficient (Wildman–Crippen LogP) is 2.31. The smallest absolute Gasteiger partial charge is 0.150 e. The van der Waals surface area contributed by atoms with Crippen LogP contribution in [0.4, 0.5) is 0 Å². The van der Waals surface area contributed by atoms with Crippen LogP contribution in [-0.4, -0.2) is 46.2 Å². The average Bonchev–Trinajstić information content (AvgIpc) is 3.00. The fourth-order valence-electron chi connectivity index (χ4n) is 2.92. The van der Waals surface area contributed by atoms with Gasteiger partial charge in [0.05, 0.1) is 13.2 Å². The Morgan fingerprint density at radius 3 is 2.05 bits per heavy atom. The fourth-order valence-corrected chi connectivity index (χ4v) is 2.92. The lowest BCUT2D eigenvalue weighted by Crippen LogP contribution is -2.42. The van der Waals surface area contributed by atoms with Gasteiger partial charge in [-0.3, -0.25) is 4.90 Å². The highest BCUT2D eigenvalue weighted by atomic mass is 16.5. The van der Waals surface area contributed by atoms with Gasteiger partial charge in [0, 0.05) is 13.1 Å². The van der Waals surface area contributed by atoms with E-state index in [-0.39, 0.29) is 6.17 Å². The summed E-state index contributed by atoms with van der Waals surface area (Å²) in [6, 6.07) is 18.4. The van der Waals surface area contributed by atoms with E-state index in [4.69, 9.17) is 4.74 Å². The van der Waals surface area contributed by atoms with E-state index in [1.165, 1.54) is 5.56 Å². The van der Waals surface area contributed by atoms with Crippen molar-refractivity contribution in [2.45, 2.75) is 6.17 Å². The summed E-state index contributed by atoms with van der Waals surface area (Å²) in [6.45, 7) is 3.28. The van der Waals surface area contributed by atoms with E-state index in [9.17, 15) is 0 Å². The number of hydrogen-bond acceptors (Lipinski definition) is 4. The Labute approximate surface area is 129 Å². The zero-order valence-corrected chi connectivity index (χ0v) is 12.3. The van der Waals surface area contributed by atoms with Crippen LogP contribution in [0.2, 0.25) is 0 Å². The Kier molecular flexibility index (Phi) is 3.58. The molecule has 0 saturated carbocycles. The summed E-state index contributed by atoms with van der Waals surface area (Å²) < 4.78 is 5.49.